The standard InChI is InChI=1S/C14H11N3S2/c18-13-6-11(8-1-2-8)16-14(17-13)9-5-12-10(15-7-9)3-4-19-12/h3-8H,1-2H2,(H,16,17,18). The molecule has 1 saturated carbocycles. The van der Waals surface area contributed by atoms with Crippen LogP contribution in [0.25, 0.3) is 21.6 Å². The van der Waals surface area contributed by atoms with Gasteiger partial charge in [-0.15, -0.1) is 11.3 Å². The number of nitrogens with one attached hydrogen (secondary N) is 1. The summed E-state index contributed by atoms with van der Waals surface area (Å²) in [5.41, 5.74) is 3.25. The summed E-state index contributed by atoms with van der Waals surface area (Å²) < 4.78 is 1.83. The van der Waals surface area contributed by atoms with Crippen molar-refractivity contribution in [3.8, 4) is 11.4 Å². The van der Waals surface area contributed by atoms with Crippen molar-refractivity contribution in [3.63, 3.8) is 0 Å². The van der Waals surface area contributed by atoms with Crippen molar-refractivity contribution in [3.05, 3.63) is 40.1 Å². The van der Waals surface area contributed by atoms with E-state index in [4.69, 9.17) is 12.2 Å². The van der Waals surface area contributed by atoms with Gasteiger partial charge in [0.15, 0.2) is 0 Å². The third-order valence-corrected chi connectivity index (χ3v) is 4.42. The topological polar surface area (TPSA) is 41.6 Å². The summed E-state index contributed by atoms with van der Waals surface area (Å²) in [4.78, 5) is 12.3. The molecule has 0 amide bonds. The van der Waals surface area contributed by atoms with Gasteiger partial charge in [-0.05, 0) is 42.3 Å². The van der Waals surface area contributed by atoms with Crippen molar-refractivity contribution in [2.24, 2.45) is 0 Å². The number of rotatable bonds is 2. The number of hydrogen-bond donors (Lipinski definition) is 1. The van der Waals surface area contributed by atoms with Crippen LogP contribution in [0.1, 0.15) is 24.5 Å². The quantitative estimate of drug-likeness (QED) is 0.714. The minimum atomic E-state index is 0.641. The first-order valence-electron chi connectivity index (χ1n) is 6.24. The van der Waals surface area contributed by atoms with Gasteiger partial charge in [0.2, 0.25) is 0 Å². The van der Waals surface area contributed by atoms with Crippen LogP contribution in [-0.2, 0) is 0 Å². The van der Waals surface area contributed by atoms with Crippen LogP contribution in [0.4, 0.5) is 0 Å². The molecule has 3 nitrogen and oxygen atoms in total. The molecule has 1 aliphatic rings. The summed E-state index contributed by atoms with van der Waals surface area (Å²) in [7, 11) is 0. The van der Waals surface area contributed by atoms with E-state index in [1.54, 1.807) is 11.3 Å². The van der Waals surface area contributed by atoms with Gasteiger partial charge >= 0.3 is 0 Å². The Hall–Kier alpha value is -1.59. The molecule has 3 heterocycles. The lowest BCUT2D eigenvalue weighted by Crippen LogP contribution is -1.95. The maximum Gasteiger partial charge on any atom is 0.140 e. The number of fused-ring (bicyclic) bond motifs is 1. The van der Waals surface area contributed by atoms with Gasteiger partial charge in [0.05, 0.1) is 10.2 Å². The fourth-order valence-electron chi connectivity index (χ4n) is 2.20. The Bertz CT molecular complexity index is 815. The van der Waals surface area contributed by atoms with Crippen molar-refractivity contribution in [1.29, 1.82) is 0 Å². The number of aromatic amines is 1. The molecule has 0 radical (unpaired) electrons. The highest BCUT2D eigenvalue weighted by Gasteiger charge is 2.24. The minimum absolute atomic E-state index is 0.641. The number of thiophene rings is 1. The average Bonchev–Trinajstić information content (AvgIpc) is 3.16. The van der Waals surface area contributed by atoms with E-state index in [-0.39, 0.29) is 0 Å². The average molecular weight is 285 g/mol. The number of pyridine rings is 1. The molecule has 3 aromatic rings. The van der Waals surface area contributed by atoms with Gasteiger partial charge in [-0.3, -0.25) is 4.98 Å². The summed E-state index contributed by atoms with van der Waals surface area (Å²) in [6.45, 7) is 0. The molecule has 0 atom stereocenters. The number of aromatic nitrogens is 3. The Morgan fingerprint density at radius 2 is 2.21 bits per heavy atom. The van der Waals surface area contributed by atoms with Crippen molar-refractivity contribution in [1.82, 2.24) is 15.0 Å². The van der Waals surface area contributed by atoms with E-state index >= 15 is 0 Å². The van der Waals surface area contributed by atoms with E-state index in [0.717, 1.165) is 16.9 Å². The Morgan fingerprint density at radius 3 is 3.05 bits per heavy atom. The molecule has 4 rings (SSSR count). The first-order chi connectivity index (χ1) is 9.29. The molecule has 0 aromatic carbocycles. The van der Waals surface area contributed by atoms with Gasteiger partial charge in [0, 0.05) is 17.5 Å². The Kier molecular flexibility index (Phi) is 2.50. The van der Waals surface area contributed by atoms with Gasteiger partial charge in [-0.2, -0.15) is 0 Å². The van der Waals surface area contributed by atoms with E-state index in [0.29, 0.717) is 10.6 Å². The number of H-pyrrole nitrogens is 1. The maximum absolute atomic E-state index is 5.26. The van der Waals surface area contributed by atoms with Crippen LogP contribution in [-0.4, -0.2) is 15.0 Å². The predicted molar refractivity (Wildman–Crippen MR) is 80.0 cm³/mol. The Balaban J connectivity index is 1.88. The van der Waals surface area contributed by atoms with Gasteiger partial charge < -0.3 is 4.98 Å². The van der Waals surface area contributed by atoms with Crippen molar-refractivity contribution < 1.29 is 0 Å². The zero-order valence-corrected chi connectivity index (χ0v) is 11.7. The fourth-order valence-corrected chi connectivity index (χ4v) is 3.20. The molecule has 0 unspecified atom stereocenters. The summed E-state index contributed by atoms with van der Waals surface area (Å²) in [5.74, 6) is 1.47. The van der Waals surface area contributed by atoms with E-state index in [2.05, 4.69) is 26.4 Å². The second-order valence-corrected chi connectivity index (χ2v) is 6.19. The lowest BCUT2D eigenvalue weighted by molar-refractivity contribution is 0.987. The van der Waals surface area contributed by atoms with Gasteiger partial charge in [-0.25, -0.2) is 4.98 Å². The third kappa shape index (κ3) is 2.09. The third-order valence-electron chi connectivity index (χ3n) is 3.36. The Labute approximate surface area is 119 Å². The first-order valence-corrected chi connectivity index (χ1v) is 7.53. The fraction of sp³-hybridized carbons (Fsp3) is 0.214. The summed E-state index contributed by atoms with van der Waals surface area (Å²) in [6.07, 6.45) is 4.35. The monoisotopic (exact) mass is 285 g/mol. The molecule has 0 aliphatic heterocycles. The van der Waals surface area contributed by atoms with Gasteiger partial charge in [0.25, 0.3) is 0 Å². The smallest absolute Gasteiger partial charge is 0.140 e. The summed E-state index contributed by atoms with van der Waals surface area (Å²) in [6, 6.07) is 6.13. The maximum atomic E-state index is 5.26. The van der Waals surface area contributed by atoms with Crippen LogP contribution in [0.2, 0.25) is 0 Å². The van der Waals surface area contributed by atoms with E-state index in [1.807, 2.05) is 18.3 Å². The SMILES string of the molecule is S=c1cc(C2CC2)[nH]c(-c2cnc3ccsc3c2)n1. The van der Waals surface area contributed by atoms with E-state index < -0.39 is 0 Å². The van der Waals surface area contributed by atoms with E-state index in [9.17, 15) is 0 Å². The molecule has 19 heavy (non-hydrogen) atoms. The number of hydrogen-bond acceptors (Lipinski definition) is 4. The molecule has 5 heteroatoms. The zero-order valence-electron chi connectivity index (χ0n) is 10.1. The lowest BCUT2D eigenvalue weighted by Gasteiger charge is -2.05. The lowest BCUT2D eigenvalue weighted by atomic mass is 10.2. The molecule has 1 N–H and O–H groups in total. The minimum Gasteiger partial charge on any atom is -0.343 e. The summed E-state index contributed by atoms with van der Waals surface area (Å²) in [5, 5.41) is 2.05. The second-order valence-electron chi connectivity index (χ2n) is 4.83. The van der Waals surface area contributed by atoms with Crippen LogP contribution in [0, 0.1) is 4.64 Å². The van der Waals surface area contributed by atoms with E-state index in [1.165, 1.54) is 23.2 Å². The second kappa shape index (κ2) is 4.21. The largest absolute Gasteiger partial charge is 0.343 e. The van der Waals surface area contributed by atoms with Crippen LogP contribution in [0.15, 0.2) is 29.8 Å². The molecule has 0 saturated heterocycles. The highest BCUT2D eigenvalue weighted by atomic mass is 32.1. The highest BCUT2D eigenvalue weighted by Crippen LogP contribution is 2.39. The molecule has 0 spiro atoms. The van der Waals surface area contributed by atoms with Gasteiger partial charge in [-0.1, -0.05) is 12.2 Å². The molecule has 1 fully saturated rings. The first kappa shape index (κ1) is 11.3. The molecule has 3 aromatic heterocycles. The van der Waals surface area contributed by atoms with Crippen LogP contribution >= 0.6 is 23.6 Å². The van der Waals surface area contributed by atoms with Crippen LogP contribution in [0.3, 0.4) is 0 Å². The van der Waals surface area contributed by atoms with Crippen LogP contribution < -0.4 is 0 Å². The highest BCUT2D eigenvalue weighted by molar-refractivity contribution is 7.71. The van der Waals surface area contributed by atoms with Crippen molar-refractivity contribution >= 4 is 33.8 Å². The predicted octanol–water partition coefficient (Wildman–Crippen LogP) is 4.29. The molecule has 94 valence electrons. The van der Waals surface area contributed by atoms with Crippen LogP contribution in [0.5, 0.6) is 0 Å². The summed E-state index contributed by atoms with van der Waals surface area (Å²) >= 11 is 6.96. The molecular formula is C14H11N3S2. The van der Waals surface area contributed by atoms with Crippen molar-refractivity contribution in [2.75, 3.05) is 0 Å². The zero-order chi connectivity index (χ0) is 12.8. The van der Waals surface area contributed by atoms with Gasteiger partial charge in [0.1, 0.15) is 10.5 Å². The Morgan fingerprint density at radius 1 is 1.32 bits per heavy atom. The molecular weight excluding hydrogens is 274 g/mol. The number of nitrogens with zero attached hydrogens (tertiary/aromatic N) is 2. The van der Waals surface area contributed by atoms with Crippen molar-refractivity contribution in [2.45, 2.75) is 18.8 Å². The molecule has 1 aliphatic carbocycles. The molecule has 0 bridgehead atoms. The normalized spacial score (nSPS) is 14.9.